The van der Waals surface area contributed by atoms with E-state index in [0.717, 1.165) is 11.6 Å². The van der Waals surface area contributed by atoms with E-state index in [4.69, 9.17) is 4.12 Å². The average molecular weight is 252 g/mol. The van der Waals surface area contributed by atoms with Gasteiger partial charge < -0.3 is 9.22 Å². The predicted octanol–water partition coefficient (Wildman–Crippen LogP) is 2.77. The lowest BCUT2D eigenvalue weighted by Crippen LogP contribution is -2.38. The molecular formula is C12H20O2Si2. The molecule has 0 spiro atoms. The second-order valence-electron chi connectivity index (χ2n) is 4.62. The lowest BCUT2D eigenvalue weighted by atomic mass is 10.2. The van der Waals surface area contributed by atoms with Crippen molar-refractivity contribution >= 4 is 17.4 Å². The highest BCUT2D eigenvalue weighted by atomic mass is 28.4. The van der Waals surface area contributed by atoms with Gasteiger partial charge in [0.25, 0.3) is 0 Å². The van der Waals surface area contributed by atoms with Crippen molar-refractivity contribution in [2.24, 2.45) is 0 Å². The van der Waals surface area contributed by atoms with Crippen molar-refractivity contribution in [1.82, 2.24) is 0 Å². The zero-order valence-corrected chi connectivity index (χ0v) is 12.4. The third-order valence-corrected chi connectivity index (χ3v) is 8.38. The third-order valence-electron chi connectivity index (χ3n) is 2.44. The molecule has 0 aliphatic rings. The maximum absolute atomic E-state index is 9.72. The summed E-state index contributed by atoms with van der Waals surface area (Å²) >= 11 is 0. The molecule has 0 aromatic heterocycles. The van der Waals surface area contributed by atoms with Crippen LogP contribution in [0.15, 0.2) is 36.5 Å². The Morgan fingerprint density at radius 3 is 2.62 bits per heavy atom. The summed E-state index contributed by atoms with van der Waals surface area (Å²) in [5, 5.41) is 9.72. The predicted molar refractivity (Wildman–Crippen MR) is 73.6 cm³/mol. The first-order valence-corrected chi connectivity index (χ1v) is 10.9. The Kier molecular flexibility index (Phi) is 4.52. The highest BCUT2D eigenvalue weighted by molar-refractivity contribution is 6.78. The maximum atomic E-state index is 9.72. The van der Waals surface area contributed by atoms with Gasteiger partial charge in [-0.25, -0.2) is 0 Å². The molecule has 0 aliphatic heterocycles. The lowest BCUT2D eigenvalue weighted by molar-refractivity contribution is 0.468. The van der Waals surface area contributed by atoms with E-state index in [2.05, 4.69) is 26.2 Å². The number of benzene rings is 1. The minimum absolute atomic E-state index is 0.375. The van der Waals surface area contributed by atoms with Crippen LogP contribution in [0.2, 0.25) is 19.6 Å². The van der Waals surface area contributed by atoms with Crippen molar-refractivity contribution < 1.29 is 9.22 Å². The van der Waals surface area contributed by atoms with Gasteiger partial charge in [0.05, 0.1) is 0 Å². The van der Waals surface area contributed by atoms with E-state index in [0.29, 0.717) is 5.75 Å². The summed E-state index contributed by atoms with van der Waals surface area (Å²) in [7, 11) is -2.95. The molecule has 1 unspecified atom stereocenters. The van der Waals surface area contributed by atoms with Gasteiger partial charge in [-0.15, -0.1) is 6.58 Å². The Balaban J connectivity index is 2.72. The quantitative estimate of drug-likeness (QED) is 0.817. The van der Waals surface area contributed by atoms with E-state index in [1.54, 1.807) is 6.07 Å². The van der Waals surface area contributed by atoms with Crippen LogP contribution in [0.1, 0.15) is 5.56 Å². The molecule has 0 fully saturated rings. The van der Waals surface area contributed by atoms with E-state index < -0.39 is 17.4 Å². The highest BCUT2D eigenvalue weighted by Gasteiger charge is 2.25. The van der Waals surface area contributed by atoms with Crippen LogP contribution >= 0.6 is 0 Å². The fraction of sp³-hybridized carbons (Fsp3) is 0.333. The van der Waals surface area contributed by atoms with Crippen LogP contribution in [-0.4, -0.2) is 22.5 Å². The summed E-state index contributed by atoms with van der Waals surface area (Å²) in [6, 6.07) is 8.34. The number of phenols is 1. The second kappa shape index (κ2) is 5.47. The Morgan fingerprint density at radius 1 is 1.44 bits per heavy atom. The molecule has 0 amide bonds. The summed E-state index contributed by atoms with van der Waals surface area (Å²) < 4.78 is 6.09. The number of aromatic hydroxyl groups is 1. The van der Waals surface area contributed by atoms with Crippen LogP contribution in [0.4, 0.5) is 0 Å². The standard InChI is InChI=1S/C12H20O2Si2/c1-5-15(2)14-16(3,4)10-11-8-6-7-9-12(11)13/h5-9,13,15H,1,10H2,2-4H3. The van der Waals surface area contributed by atoms with Gasteiger partial charge in [-0.1, -0.05) is 23.9 Å². The smallest absolute Gasteiger partial charge is 0.184 e. The Bertz CT molecular complexity index is 364. The lowest BCUT2D eigenvalue weighted by Gasteiger charge is -2.26. The molecule has 1 atom stereocenters. The minimum Gasteiger partial charge on any atom is -0.508 e. The van der Waals surface area contributed by atoms with Crippen molar-refractivity contribution in [3.63, 3.8) is 0 Å². The number of rotatable bonds is 5. The van der Waals surface area contributed by atoms with Crippen molar-refractivity contribution in [1.29, 1.82) is 0 Å². The molecule has 1 rings (SSSR count). The Morgan fingerprint density at radius 2 is 2.06 bits per heavy atom. The van der Waals surface area contributed by atoms with Gasteiger partial charge in [-0.05, 0) is 37.3 Å². The number of para-hydroxylation sites is 1. The van der Waals surface area contributed by atoms with Crippen LogP contribution in [0.25, 0.3) is 0 Å². The first-order chi connectivity index (χ1) is 7.44. The first-order valence-electron chi connectivity index (χ1n) is 5.52. The summed E-state index contributed by atoms with van der Waals surface area (Å²) in [5.41, 5.74) is 2.93. The zero-order chi connectivity index (χ0) is 12.2. The summed E-state index contributed by atoms with van der Waals surface area (Å²) in [6.07, 6.45) is 0. The number of hydrogen-bond acceptors (Lipinski definition) is 2. The molecule has 2 nitrogen and oxygen atoms in total. The van der Waals surface area contributed by atoms with E-state index in [9.17, 15) is 5.11 Å². The maximum Gasteiger partial charge on any atom is 0.184 e. The van der Waals surface area contributed by atoms with E-state index in [1.165, 1.54) is 0 Å². The number of phenolic OH excluding ortho intramolecular Hbond substituents is 1. The van der Waals surface area contributed by atoms with Crippen LogP contribution in [0.5, 0.6) is 5.75 Å². The van der Waals surface area contributed by atoms with Gasteiger partial charge in [-0.2, -0.15) is 0 Å². The van der Waals surface area contributed by atoms with Crippen molar-refractivity contribution in [3.8, 4) is 5.75 Å². The number of hydrogen-bond donors (Lipinski definition) is 1. The summed E-state index contributed by atoms with van der Waals surface area (Å²) in [4.78, 5) is 0. The topological polar surface area (TPSA) is 29.5 Å². The van der Waals surface area contributed by atoms with Gasteiger partial charge >= 0.3 is 0 Å². The molecule has 88 valence electrons. The van der Waals surface area contributed by atoms with Crippen molar-refractivity contribution in [2.75, 3.05) is 0 Å². The van der Waals surface area contributed by atoms with Crippen molar-refractivity contribution in [3.05, 3.63) is 42.1 Å². The van der Waals surface area contributed by atoms with Crippen molar-refractivity contribution in [2.45, 2.75) is 25.7 Å². The van der Waals surface area contributed by atoms with Gasteiger partial charge in [0, 0.05) is 0 Å². The second-order valence-corrected chi connectivity index (χ2v) is 11.3. The first kappa shape index (κ1) is 13.2. The minimum atomic E-state index is -1.73. The van der Waals surface area contributed by atoms with Crippen LogP contribution in [-0.2, 0) is 10.2 Å². The molecule has 0 aliphatic carbocycles. The largest absolute Gasteiger partial charge is 0.508 e. The highest BCUT2D eigenvalue weighted by Crippen LogP contribution is 2.22. The molecule has 1 aromatic carbocycles. The molecule has 0 radical (unpaired) electrons. The van der Waals surface area contributed by atoms with Gasteiger partial charge in [0.15, 0.2) is 17.4 Å². The molecule has 0 heterocycles. The Labute approximate surface area is 100 Å². The molecule has 0 saturated carbocycles. The summed E-state index contributed by atoms with van der Waals surface area (Å²) in [5.74, 6) is 0.375. The summed E-state index contributed by atoms with van der Waals surface area (Å²) in [6.45, 7) is 10.3. The third kappa shape index (κ3) is 3.96. The Hall–Kier alpha value is -0.846. The van der Waals surface area contributed by atoms with Crippen LogP contribution in [0.3, 0.4) is 0 Å². The molecule has 0 bridgehead atoms. The molecule has 16 heavy (non-hydrogen) atoms. The van der Waals surface area contributed by atoms with Gasteiger partial charge in [0.2, 0.25) is 0 Å². The molecule has 1 aromatic rings. The monoisotopic (exact) mass is 252 g/mol. The molecular weight excluding hydrogens is 232 g/mol. The van der Waals surface area contributed by atoms with Crippen LogP contribution < -0.4 is 0 Å². The van der Waals surface area contributed by atoms with Gasteiger partial charge in [0.1, 0.15) is 5.75 Å². The molecule has 4 heteroatoms. The van der Waals surface area contributed by atoms with E-state index in [-0.39, 0.29) is 0 Å². The average Bonchev–Trinajstić information content (AvgIpc) is 2.20. The van der Waals surface area contributed by atoms with Gasteiger partial charge in [-0.3, -0.25) is 0 Å². The normalized spacial score (nSPS) is 13.4. The fourth-order valence-electron chi connectivity index (χ4n) is 1.71. The SMILES string of the molecule is C=C[SiH](C)O[Si](C)(C)Cc1ccccc1O. The van der Waals surface area contributed by atoms with E-state index >= 15 is 0 Å². The fourth-order valence-corrected chi connectivity index (χ4v) is 7.67. The van der Waals surface area contributed by atoms with Crippen LogP contribution in [0, 0.1) is 0 Å². The zero-order valence-electron chi connectivity index (χ0n) is 10.2. The molecule has 1 N–H and O–H groups in total. The van der Waals surface area contributed by atoms with E-state index in [1.807, 2.05) is 23.9 Å². The molecule has 0 saturated heterocycles.